The van der Waals surface area contributed by atoms with Crippen LogP contribution in [0.25, 0.3) is 0 Å². The molecule has 0 bridgehead atoms. The highest BCUT2D eigenvalue weighted by atomic mass is 16.5. The zero-order valence-electron chi connectivity index (χ0n) is 7.38. The first-order chi connectivity index (χ1) is 5.77. The summed E-state index contributed by atoms with van der Waals surface area (Å²) in [7, 11) is 1.42. The third kappa shape index (κ3) is 2.08. The smallest absolute Gasteiger partial charge is 0.322 e. The van der Waals surface area contributed by atoms with Gasteiger partial charge in [0.15, 0.2) is 0 Å². The average Bonchev–Trinajstić information content (AvgIpc) is 2.52. The number of nitrogens with one attached hydrogen (secondary N) is 1. The van der Waals surface area contributed by atoms with E-state index in [1.807, 2.05) is 6.08 Å². The van der Waals surface area contributed by atoms with E-state index in [9.17, 15) is 4.79 Å². The molecule has 0 amide bonds. The lowest BCUT2D eigenvalue weighted by molar-refractivity contribution is -0.142. The molecule has 0 aromatic carbocycles. The molecular formula is C9H15NO2. The Hall–Kier alpha value is -0.830. The fourth-order valence-electron chi connectivity index (χ4n) is 1.53. The SMILES string of the molecule is C=CCC1CC[C@H](C(=O)OC)N1. The molecule has 1 rings (SSSR count). The summed E-state index contributed by atoms with van der Waals surface area (Å²) in [6, 6.07) is 0.312. The first-order valence-corrected chi connectivity index (χ1v) is 4.22. The molecule has 1 fully saturated rings. The van der Waals surface area contributed by atoms with E-state index >= 15 is 0 Å². The number of methoxy groups -OCH3 is 1. The summed E-state index contributed by atoms with van der Waals surface area (Å²) in [6.45, 7) is 3.66. The minimum atomic E-state index is -0.151. The lowest BCUT2D eigenvalue weighted by Crippen LogP contribution is -2.35. The summed E-state index contributed by atoms with van der Waals surface area (Å²) < 4.78 is 4.63. The topological polar surface area (TPSA) is 38.3 Å². The minimum Gasteiger partial charge on any atom is -0.468 e. The number of rotatable bonds is 3. The van der Waals surface area contributed by atoms with E-state index < -0.39 is 0 Å². The fraction of sp³-hybridized carbons (Fsp3) is 0.667. The van der Waals surface area contributed by atoms with Crippen LogP contribution in [-0.4, -0.2) is 25.2 Å². The van der Waals surface area contributed by atoms with Crippen molar-refractivity contribution in [3.63, 3.8) is 0 Å². The maximum absolute atomic E-state index is 11.1. The molecular weight excluding hydrogens is 154 g/mol. The van der Waals surface area contributed by atoms with Crippen molar-refractivity contribution in [3.8, 4) is 0 Å². The van der Waals surface area contributed by atoms with Gasteiger partial charge in [0.1, 0.15) is 6.04 Å². The van der Waals surface area contributed by atoms with Gasteiger partial charge in [-0.25, -0.2) is 0 Å². The molecule has 0 saturated carbocycles. The molecule has 3 heteroatoms. The highest BCUT2D eigenvalue weighted by Gasteiger charge is 2.28. The number of esters is 1. The van der Waals surface area contributed by atoms with Gasteiger partial charge in [0.05, 0.1) is 7.11 Å². The second-order valence-electron chi connectivity index (χ2n) is 3.04. The van der Waals surface area contributed by atoms with Gasteiger partial charge in [-0.05, 0) is 19.3 Å². The number of carbonyl (C=O) groups is 1. The van der Waals surface area contributed by atoms with Crippen molar-refractivity contribution in [1.29, 1.82) is 0 Å². The Morgan fingerprint density at radius 2 is 2.50 bits per heavy atom. The first kappa shape index (κ1) is 9.26. The first-order valence-electron chi connectivity index (χ1n) is 4.22. The molecule has 0 spiro atoms. The van der Waals surface area contributed by atoms with Gasteiger partial charge in [-0.3, -0.25) is 4.79 Å². The predicted octanol–water partition coefficient (Wildman–Crippen LogP) is 0.856. The monoisotopic (exact) mass is 169 g/mol. The van der Waals surface area contributed by atoms with E-state index in [1.54, 1.807) is 0 Å². The number of hydrogen-bond donors (Lipinski definition) is 1. The number of hydrogen-bond acceptors (Lipinski definition) is 3. The summed E-state index contributed by atoms with van der Waals surface area (Å²) in [4.78, 5) is 11.1. The van der Waals surface area contributed by atoms with Crippen LogP contribution in [0.3, 0.4) is 0 Å². The molecule has 0 aromatic rings. The molecule has 1 heterocycles. The van der Waals surface area contributed by atoms with Gasteiger partial charge >= 0.3 is 5.97 Å². The summed E-state index contributed by atoms with van der Waals surface area (Å²) in [5.41, 5.74) is 0. The number of carbonyl (C=O) groups excluding carboxylic acids is 1. The van der Waals surface area contributed by atoms with Crippen LogP contribution in [0.15, 0.2) is 12.7 Å². The molecule has 1 aliphatic heterocycles. The van der Waals surface area contributed by atoms with E-state index in [0.29, 0.717) is 6.04 Å². The normalized spacial score (nSPS) is 28.4. The number of ether oxygens (including phenoxy) is 1. The molecule has 0 aromatic heterocycles. The molecule has 2 atom stereocenters. The van der Waals surface area contributed by atoms with Gasteiger partial charge in [0.25, 0.3) is 0 Å². The van der Waals surface area contributed by atoms with Crippen molar-refractivity contribution in [2.24, 2.45) is 0 Å². The second-order valence-corrected chi connectivity index (χ2v) is 3.04. The van der Waals surface area contributed by atoms with Crippen LogP contribution in [0.5, 0.6) is 0 Å². The largest absolute Gasteiger partial charge is 0.468 e. The van der Waals surface area contributed by atoms with E-state index in [1.165, 1.54) is 7.11 Å². The average molecular weight is 169 g/mol. The molecule has 1 aliphatic rings. The summed E-state index contributed by atoms with van der Waals surface area (Å²) in [5.74, 6) is -0.151. The molecule has 3 nitrogen and oxygen atoms in total. The summed E-state index contributed by atoms with van der Waals surface area (Å²) in [6.07, 6.45) is 4.71. The van der Waals surface area contributed by atoms with Gasteiger partial charge in [0.2, 0.25) is 0 Å². The van der Waals surface area contributed by atoms with E-state index in [-0.39, 0.29) is 12.0 Å². The van der Waals surface area contributed by atoms with Crippen molar-refractivity contribution in [3.05, 3.63) is 12.7 Å². The lowest BCUT2D eigenvalue weighted by atomic mass is 10.1. The Balaban J connectivity index is 2.34. The fourth-order valence-corrected chi connectivity index (χ4v) is 1.53. The van der Waals surface area contributed by atoms with Crippen molar-refractivity contribution in [2.75, 3.05) is 7.11 Å². The summed E-state index contributed by atoms with van der Waals surface area (Å²) in [5, 5.41) is 3.20. The molecule has 12 heavy (non-hydrogen) atoms. The molecule has 0 radical (unpaired) electrons. The zero-order valence-corrected chi connectivity index (χ0v) is 7.38. The van der Waals surface area contributed by atoms with Gasteiger partial charge in [-0.1, -0.05) is 6.08 Å². The third-order valence-corrected chi connectivity index (χ3v) is 2.18. The Kier molecular flexibility index (Phi) is 3.29. The van der Waals surface area contributed by atoms with Crippen LogP contribution in [0, 0.1) is 0 Å². The predicted molar refractivity (Wildman–Crippen MR) is 46.8 cm³/mol. The van der Waals surface area contributed by atoms with Gasteiger partial charge in [-0.15, -0.1) is 6.58 Å². The highest BCUT2D eigenvalue weighted by Crippen LogP contribution is 2.15. The zero-order chi connectivity index (χ0) is 8.97. The van der Waals surface area contributed by atoms with Crippen molar-refractivity contribution in [1.82, 2.24) is 5.32 Å². The van der Waals surface area contributed by atoms with Gasteiger partial charge < -0.3 is 10.1 Å². The highest BCUT2D eigenvalue weighted by molar-refractivity contribution is 5.76. The van der Waals surface area contributed by atoms with Crippen molar-refractivity contribution in [2.45, 2.75) is 31.3 Å². The van der Waals surface area contributed by atoms with Gasteiger partial charge in [-0.2, -0.15) is 0 Å². The standard InChI is InChI=1S/C9H15NO2/c1-3-4-7-5-6-8(10-7)9(11)12-2/h3,7-8,10H,1,4-6H2,2H3/t7?,8-/m1/s1. The maximum Gasteiger partial charge on any atom is 0.322 e. The van der Waals surface area contributed by atoms with Crippen LogP contribution in [0.2, 0.25) is 0 Å². The van der Waals surface area contributed by atoms with E-state index in [0.717, 1.165) is 19.3 Å². The molecule has 1 saturated heterocycles. The van der Waals surface area contributed by atoms with E-state index in [2.05, 4.69) is 16.6 Å². The lowest BCUT2D eigenvalue weighted by Gasteiger charge is -2.10. The minimum absolute atomic E-state index is 0.0973. The van der Waals surface area contributed by atoms with Crippen molar-refractivity contribution >= 4 is 5.97 Å². The van der Waals surface area contributed by atoms with Crippen LogP contribution < -0.4 is 5.32 Å². The molecule has 68 valence electrons. The van der Waals surface area contributed by atoms with Crippen molar-refractivity contribution < 1.29 is 9.53 Å². The molecule has 1 N–H and O–H groups in total. The van der Waals surface area contributed by atoms with Crippen LogP contribution >= 0.6 is 0 Å². The quantitative estimate of drug-likeness (QED) is 0.503. The van der Waals surface area contributed by atoms with Crippen LogP contribution in [0.4, 0.5) is 0 Å². The Morgan fingerprint density at radius 1 is 1.75 bits per heavy atom. The van der Waals surface area contributed by atoms with Crippen LogP contribution in [-0.2, 0) is 9.53 Å². The van der Waals surface area contributed by atoms with Gasteiger partial charge in [0, 0.05) is 6.04 Å². The second kappa shape index (κ2) is 4.26. The molecule has 1 unspecified atom stereocenters. The summed E-state index contributed by atoms with van der Waals surface area (Å²) >= 11 is 0. The third-order valence-electron chi connectivity index (χ3n) is 2.18. The Bertz CT molecular complexity index is 179. The van der Waals surface area contributed by atoms with Crippen LogP contribution in [0.1, 0.15) is 19.3 Å². The Labute approximate surface area is 72.8 Å². The Morgan fingerprint density at radius 3 is 3.08 bits per heavy atom. The maximum atomic E-state index is 11.1. The molecule has 0 aliphatic carbocycles. The van der Waals surface area contributed by atoms with E-state index in [4.69, 9.17) is 0 Å².